The molecule has 0 nitrogen and oxygen atoms in total. The molecule has 0 N–H and O–H groups in total. The summed E-state index contributed by atoms with van der Waals surface area (Å²) in [7, 11) is 0. The molecule has 104 valence electrons. The minimum absolute atomic E-state index is 0.148. The molecule has 3 aromatic rings. The third-order valence-corrected chi connectivity index (χ3v) is 3.82. The Morgan fingerprint density at radius 2 is 1.24 bits per heavy atom. The van der Waals surface area contributed by atoms with Crippen LogP contribution in [0.5, 0.6) is 0 Å². The zero-order valence-electron chi connectivity index (χ0n) is 11.6. The first-order valence-electron chi connectivity index (χ1n) is 6.76. The van der Waals surface area contributed by atoms with Gasteiger partial charge in [0.05, 0.1) is 5.02 Å². The first kappa shape index (κ1) is 13.8. The molecule has 3 aromatic carbocycles. The van der Waals surface area contributed by atoms with E-state index in [0.717, 1.165) is 16.7 Å². The molecular weight excluding hydrogens is 283 g/mol. The largest absolute Gasteiger partial charge is 0.205 e. The van der Waals surface area contributed by atoms with E-state index in [0.29, 0.717) is 5.56 Å². The van der Waals surface area contributed by atoms with Gasteiger partial charge in [0.1, 0.15) is 5.82 Å². The first-order valence-corrected chi connectivity index (χ1v) is 7.14. The Balaban J connectivity index is 1.97. The number of aryl methyl sites for hydroxylation is 1. The molecule has 0 amide bonds. The van der Waals surface area contributed by atoms with Crippen LogP contribution < -0.4 is 0 Å². The van der Waals surface area contributed by atoms with Crippen LogP contribution in [0.4, 0.5) is 4.39 Å². The average Bonchev–Trinajstić information content (AvgIpc) is 2.51. The van der Waals surface area contributed by atoms with Crippen LogP contribution in [0, 0.1) is 12.7 Å². The molecule has 0 aliphatic rings. The highest BCUT2D eigenvalue weighted by molar-refractivity contribution is 6.31. The van der Waals surface area contributed by atoms with E-state index in [4.69, 9.17) is 11.6 Å². The van der Waals surface area contributed by atoms with Crippen molar-refractivity contribution in [2.75, 3.05) is 0 Å². The van der Waals surface area contributed by atoms with Gasteiger partial charge in [-0.05, 0) is 29.7 Å². The molecule has 0 heterocycles. The third kappa shape index (κ3) is 2.84. The fraction of sp³-hybridized carbons (Fsp3) is 0.0526. The van der Waals surface area contributed by atoms with E-state index in [2.05, 4.69) is 31.2 Å². The van der Waals surface area contributed by atoms with Crippen molar-refractivity contribution in [2.45, 2.75) is 6.92 Å². The Hall–Kier alpha value is -2.12. The van der Waals surface area contributed by atoms with Crippen molar-refractivity contribution in [1.29, 1.82) is 0 Å². The SMILES string of the molecule is Cc1ccc(-c2ccc(-c3cccc(Cl)c3F)cc2)cc1. The summed E-state index contributed by atoms with van der Waals surface area (Å²) in [5.41, 5.74) is 4.85. The van der Waals surface area contributed by atoms with Gasteiger partial charge >= 0.3 is 0 Å². The molecule has 0 radical (unpaired) electrons. The number of hydrogen-bond acceptors (Lipinski definition) is 0. The van der Waals surface area contributed by atoms with Crippen LogP contribution in [0.2, 0.25) is 5.02 Å². The van der Waals surface area contributed by atoms with Crippen molar-refractivity contribution < 1.29 is 4.39 Å². The number of halogens is 2. The lowest BCUT2D eigenvalue weighted by atomic mass is 9.99. The highest BCUT2D eigenvalue weighted by Crippen LogP contribution is 2.29. The van der Waals surface area contributed by atoms with Crippen LogP contribution in [-0.2, 0) is 0 Å². The van der Waals surface area contributed by atoms with Crippen molar-refractivity contribution >= 4 is 11.6 Å². The lowest BCUT2D eigenvalue weighted by molar-refractivity contribution is 0.632. The molecule has 21 heavy (non-hydrogen) atoms. The number of rotatable bonds is 2. The lowest BCUT2D eigenvalue weighted by Crippen LogP contribution is -1.86. The van der Waals surface area contributed by atoms with E-state index in [-0.39, 0.29) is 10.8 Å². The van der Waals surface area contributed by atoms with Gasteiger partial charge in [-0.25, -0.2) is 4.39 Å². The van der Waals surface area contributed by atoms with Gasteiger partial charge in [0.15, 0.2) is 0 Å². The maximum Gasteiger partial charge on any atom is 0.149 e. The van der Waals surface area contributed by atoms with Gasteiger partial charge in [-0.3, -0.25) is 0 Å². The van der Waals surface area contributed by atoms with Crippen LogP contribution in [0.1, 0.15) is 5.56 Å². The normalized spacial score (nSPS) is 10.6. The van der Waals surface area contributed by atoms with Crippen molar-refractivity contribution in [3.05, 3.63) is 83.1 Å². The maximum absolute atomic E-state index is 14.0. The zero-order chi connectivity index (χ0) is 14.8. The molecule has 0 saturated carbocycles. The molecular formula is C19H14ClF. The van der Waals surface area contributed by atoms with Crippen LogP contribution in [0.3, 0.4) is 0 Å². The molecule has 0 atom stereocenters. The molecule has 0 spiro atoms. The van der Waals surface area contributed by atoms with Gasteiger partial charge in [0.25, 0.3) is 0 Å². The minimum atomic E-state index is -0.373. The monoisotopic (exact) mass is 296 g/mol. The van der Waals surface area contributed by atoms with Gasteiger partial charge < -0.3 is 0 Å². The predicted octanol–water partition coefficient (Wildman–Crippen LogP) is 6.12. The molecule has 0 aromatic heterocycles. The Morgan fingerprint density at radius 1 is 0.714 bits per heavy atom. The topological polar surface area (TPSA) is 0 Å². The van der Waals surface area contributed by atoms with Gasteiger partial charge in [0, 0.05) is 5.56 Å². The molecule has 0 aliphatic carbocycles. The van der Waals surface area contributed by atoms with E-state index < -0.39 is 0 Å². The quantitative estimate of drug-likeness (QED) is 0.534. The van der Waals surface area contributed by atoms with Gasteiger partial charge in [0.2, 0.25) is 0 Å². The van der Waals surface area contributed by atoms with Crippen molar-refractivity contribution in [3.8, 4) is 22.3 Å². The maximum atomic E-state index is 14.0. The molecule has 3 rings (SSSR count). The summed E-state index contributed by atoms with van der Waals surface area (Å²) in [6, 6.07) is 21.2. The summed E-state index contributed by atoms with van der Waals surface area (Å²) < 4.78 is 14.0. The number of hydrogen-bond donors (Lipinski definition) is 0. The third-order valence-electron chi connectivity index (χ3n) is 3.53. The fourth-order valence-electron chi connectivity index (χ4n) is 2.31. The Labute approximate surface area is 128 Å². The summed E-state index contributed by atoms with van der Waals surface area (Å²) >= 11 is 5.83. The van der Waals surface area contributed by atoms with Crippen LogP contribution in [-0.4, -0.2) is 0 Å². The summed E-state index contributed by atoms with van der Waals surface area (Å²) in [5.74, 6) is -0.373. The smallest absolute Gasteiger partial charge is 0.149 e. The van der Waals surface area contributed by atoms with E-state index in [9.17, 15) is 4.39 Å². The zero-order valence-corrected chi connectivity index (χ0v) is 12.4. The Kier molecular flexibility index (Phi) is 3.76. The molecule has 0 bridgehead atoms. The molecule has 0 unspecified atom stereocenters. The second-order valence-electron chi connectivity index (χ2n) is 5.04. The summed E-state index contributed by atoms with van der Waals surface area (Å²) in [6.45, 7) is 2.06. The first-order chi connectivity index (χ1) is 10.1. The van der Waals surface area contributed by atoms with Crippen LogP contribution >= 0.6 is 11.6 Å². The Bertz CT molecular complexity index is 759. The van der Waals surface area contributed by atoms with Crippen LogP contribution in [0.25, 0.3) is 22.3 Å². The van der Waals surface area contributed by atoms with Gasteiger partial charge in [-0.1, -0.05) is 77.8 Å². The average molecular weight is 297 g/mol. The Morgan fingerprint density at radius 3 is 1.86 bits per heavy atom. The molecule has 2 heteroatoms. The van der Waals surface area contributed by atoms with Crippen molar-refractivity contribution in [3.63, 3.8) is 0 Å². The second kappa shape index (κ2) is 5.71. The van der Waals surface area contributed by atoms with Crippen LogP contribution in [0.15, 0.2) is 66.7 Å². The summed E-state index contributed by atoms with van der Waals surface area (Å²) in [6.07, 6.45) is 0. The molecule has 0 aliphatic heterocycles. The standard InChI is InChI=1S/C19H14ClF/c1-13-5-7-14(8-6-13)15-9-11-16(12-10-15)17-3-2-4-18(20)19(17)21/h2-12H,1H3. The summed E-state index contributed by atoms with van der Waals surface area (Å²) in [4.78, 5) is 0. The minimum Gasteiger partial charge on any atom is -0.205 e. The van der Waals surface area contributed by atoms with Crippen molar-refractivity contribution in [2.24, 2.45) is 0 Å². The lowest BCUT2D eigenvalue weighted by Gasteiger charge is -2.07. The summed E-state index contributed by atoms with van der Waals surface area (Å²) in [5, 5.41) is 0.148. The van der Waals surface area contributed by atoms with E-state index in [1.165, 1.54) is 5.56 Å². The molecule has 0 fully saturated rings. The fourth-order valence-corrected chi connectivity index (χ4v) is 2.49. The van der Waals surface area contributed by atoms with E-state index >= 15 is 0 Å². The molecule has 0 saturated heterocycles. The highest BCUT2D eigenvalue weighted by atomic mass is 35.5. The number of benzene rings is 3. The van der Waals surface area contributed by atoms with E-state index in [1.54, 1.807) is 18.2 Å². The van der Waals surface area contributed by atoms with Crippen molar-refractivity contribution in [1.82, 2.24) is 0 Å². The van der Waals surface area contributed by atoms with E-state index in [1.807, 2.05) is 24.3 Å². The second-order valence-corrected chi connectivity index (χ2v) is 5.45. The van der Waals surface area contributed by atoms with Gasteiger partial charge in [-0.15, -0.1) is 0 Å². The van der Waals surface area contributed by atoms with Gasteiger partial charge in [-0.2, -0.15) is 0 Å². The predicted molar refractivity (Wildman–Crippen MR) is 87.0 cm³/mol. The highest BCUT2D eigenvalue weighted by Gasteiger charge is 2.08.